The molecule has 92 valence electrons. The van der Waals surface area contributed by atoms with Gasteiger partial charge in [0.2, 0.25) is 0 Å². The zero-order valence-corrected chi connectivity index (χ0v) is 10.7. The van der Waals surface area contributed by atoms with Crippen molar-refractivity contribution in [2.75, 3.05) is 7.11 Å². The fourth-order valence-corrected chi connectivity index (χ4v) is 2.52. The van der Waals surface area contributed by atoms with Crippen LogP contribution in [0.25, 0.3) is 0 Å². The number of halogens is 1. The molecule has 1 fully saturated rings. The highest BCUT2D eigenvalue weighted by Crippen LogP contribution is 2.34. The van der Waals surface area contributed by atoms with Crippen molar-refractivity contribution in [1.82, 2.24) is 9.97 Å². The molecule has 0 aromatic carbocycles. The molecule has 17 heavy (non-hydrogen) atoms. The summed E-state index contributed by atoms with van der Waals surface area (Å²) in [4.78, 5) is 8.73. The number of aromatic nitrogens is 2. The Kier molecular flexibility index (Phi) is 4.37. The lowest BCUT2D eigenvalue weighted by Gasteiger charge is -2.25. The van der Waals surface area contributed by atoms with Gasteiger partial charge in [0.05, 0.1) is 19.5 Å². The molecule has 0 radical (unpaired) electrons. The summed E-state index contributed by atoms with van der Waals surface area (Å²) in [5, 5.41) is 0. The Balaban J connectivity index is 1.95. The van der Waals surface area contributed by atoms with Gasteiger partial charge in [-0.05, 0) is 31.6 Å². The topological polar surface area (TPSA) is 35.0 Å². The Labute approximate surface area is 107 Å². The predicted octanol–water partition coefficient (Wildman–Crippen LogP) is 3.51. The molecular weight excluding hydrogens is 236 g/mol. The van der Waals surface area contributed by atoms with Crippen molar-refractivity contribution in [2.24, 2.45) is 5.92 Å². The SMILES string of the molecule is COc1cnc(C2CCC(C=CCl)CC2)nc1. The first-order chi connectivity index (χ1) is 8.33. The average molecular weight is 253 g/mol. The zero-order chi connectivity index (χ0) is 12.1. The highest BCUT2D eigenvalue weighted by molar-refractivity contribution is 6.25. The predicted molar refractivity (Wildman–Crippen MR) is 68.3 cm³/mol. The van der Waals surface area contributed by atoms with Gasteiger partial charge in [0.15, 0.2) is 5.75 Å². The lowest BCUT2D eigenvalue weighted by Crippen LogP contribution is -2.13. The van der Waals surface area contributed by atoms with Crippen molar-refractivity contribution in [1.29, 1.82) is 0 Å². The molecule has 0 amide bonds. The van der Waals surface area contributed by atoms with E-state index < -0.39 is 0 Å². The quantitative estimate of drug-likeness (QED) is 0.826. The Morgan fingerprint density at radius 1 is 1.24 bits per heavy atom. The minimum Gasteiger partial charge on any atom is -0.494 e. The highest BCUT2D eigenvalue weighted by Gasteiger charge is 2.22. The third-order valence-electron chi connectivity index (χ3n) is 3.37. The fourth-order valence-electron chi connectivity index (χ4n) is 2.32. The second-order valence-corrected chi connectivity index (χ2v) is 4.66. The molecule has 1 aromatic heterocycles. The van der Waals surface area contributed by atoms with E-state index in [9.17, 15) is 0 Å². The van der Waals surface area contributed by atoms with Gasteiger partial charge in [0.25, 0.3) is 0 Å². The fraction of sp³-hybridized carbons (Fsp3) is 0.538. The van der Waals surface area contributed by atoms with Gasteiger partial charge in [-0.25, -0.2) is 9.97 Å². The van der Waals surface area contributed by atoms with E-state index in [0.717, 1.165) is 18.7 Å². The Morgan fingerprint density at radius 3 is 2.41 bits per heavy atom. The summed E-state index contributed by atoms with van der Waals surface area (Å²) in [5.74, 6) is 2.77. The molecule has 0 atom stereocenters. The highest BCUT2D eigenvalue weighted by atomic mass is 35.5. The molecule has 0 aliphatic heterocycles. The molecule has 3 nitrogen and oxygen atoms in total. The van der Waals surface area contributed by atoms with E-state index in [1.807, 2.05) is 0 Å². The summed E-state index contributed by atoms with van der Waals surface area (Å²) in [5.41, 5.74) is 1.63. The van der Waals surface area contributed by atoms with Crippen LogP contribution in [0.5, 0.6) is 5.75 Å². The maximum Gasteiger partial charge on any atom is 0.155 e. The first-order valence-corrected chi connectivity index (χ1v) is 6.40. The number of allylic oxidation sites excluding steroid dienone is 1. The van der Waals surface area contributed by atoms with E-state index in [4.69, 9.17) is 16.3 Å². The van der Waals surface area contributed by atoms with Gasteiger partial charge in [-0.15, -0.1) is 0 Å². The minimum atomic E-state index is 0.487. The molecule has 1 saturated carbocycles. The van der Waals surface area contributed by atoms with Crippen LogP contribution in [-0.2, 0) is 0 Å². The van der Waals surface area contributed by atoms with Crippen LogP contribution in [0.3, 0.4) is 0 Å². The van der Waals surface area contributed by atoms with Crippen LogP contribution in [0.2, 0.25) is 0 Å². The molecule has 1 aliphatic rings. The molecule has 0 N–H and O–H groups in total. The number of hydrogen-bond donors (Lipinski definition) is 0. The van der Waals surface area contributed by atoms with Crippen LogP contribution in [0.15, 0.2) is 24.0 Å². The second-order valence-electron chi connectivity index (χ2n) is 4.41. The molecule has 2 rings (SSSR count). The third-order valence-corrected chi connectivity index (χ3v) is 3.51. The molecule has 0 unspecified atom stereocenters. The van der Waals surface area contributed by atoms with Crippen LogP contribution in [0.1, 0.15) is 37.4 Å². The van der Waals surface area contributed by atoms with Crippen LogP contribution in [0, 0.1) is 5.92 Å². The van der Waals surface area contributed by atoms with Gasteiger partial charge in [-0.2, -0.15) is 0 Å². The number of hydrogen-bond acceptors (Lipinski definition) is 3. The van der Waals surface area contributed by atoms with E-state index in [0.29, 0.717) is 17.6 Å². The molecular formula is C13H17ClN2O. The van der Waals surface area contributed by atoms with E-state index in [1.54, 1.807) is 25.0 Å². The maximum atomic E-state index is 5.60. The van der Waals surface area contributed by atoms with Crippen molar-refractivity contribution in [3.8, 4) is 5.75 Å². The van der Waals surface area contributed by atoms with Gasteiger partial charge >= 0.3 is 0 Å². The minimum absolute atomic E-state index is 0.487. The maximum absolute atomic E-state index is 5.60. The first kappa shape index (κ1) is 12.4. The third kappa shape index (κ3) is 3.19. The zero-order valence-electron chi connectivity index (χ0n) is 9.97. The monoisotopic (exact) mass is 252 g/mol. The van der Waals surface area contributed by atoms with Gasteiger partial charge < -0.3 is 4.74 Å². The molecule has 0 saturated heterocycles. The average Bonchev–Trinajstić information content (AvgIpc) is 2.40. The second kappa shape index (κ2) is 6.01. The lowest BCUT2D eigenvalue weighted by molar-refractivity contribution is 0.363. The van der Waals surface area contributed by atoms with E-state index in [1.165, 1.54) is 12.8 Å². The summed E-state index contributed by atoms with van der Waals surface area (Å²) in [6.07, 6.45) is 10.2. The summed E-state index contributed by atoms with van der Waals surface area (Å²) < 4.78 is 5.06. The lowest BCUT2D eigenvalue weighted by atomic mass is 9.82. The molecule has 1 aromatic rings. The van der Waals surface area contributed by atoms with Crippen molar-refractivity contribution < 1.29 is 4.74 Å². The largest absolute Gasteiger partial charge is 0.494 e. The molecule has 0 bridgehead atoms. The van der Waals surface area contributed by atoms with Gasteiger partial charge in [0.1, 0.15) is 5.82 Å². The van der Waals surface area contributed by atoms with Gasteiger partial charge in [-0.1, -0.05) is 17.7 Å². The standard InChI is InChI=1S/C13H17ClN2O/c1-17-12-8-15-13(16-9-12)11-4-2-10(3-5-11)6-7-14/h6-11H,2-5H2,1H3. The number of rotatable bonds is 3. The number of ether oxygens (including phenoxy) is 1. The van der Waals surface area contributed by atoms with Gasteiger partial charge in [0, 0.05) is 11.5 Å². The molecule has 1 aliphatic carbocycles. The summed E-state index contributed by atoms with van der Waals surface area (Å²) in [7, 11) is 1.63. The van der Waals surface area contributed by atoms with E-state index in [-0.39, 0.29) is 0 Å². The first-order valence-electron chi connectivity index (χ1n) is 5.96. The normalized spacial score (nSPS) is 25.1. The van der Waals surface area contributed by atoms with Crippen LogP contribution >= 0.6 is 11.6 Å². The number of methoxy groups -OCH3 is 1. The van der Waals surface area contributed by atoms with Crippen LogP contribution in [-0.4, -0.2) is 17.1 Å². The van der Waals surface area contributed by atoms with Crippen molar-refractivity contribution in [3.63, 3.8) is 0 Å². The number of nitrogens with zero attached hydrogens (tertiary/aromatic N) is 2. The molecule has 4 heteroatoms. The Hall–Kier alpha value is -1.09. The summed E-state index contributed by atoms with van der Waals surface area (Å²) in [6, 6.07) is 0. The van der Waals surface area contributed by atoms with E-state index in [2.05, 4.69) is 16.0 Å². The Bertz CT molecular complexity index is 370. The summed E-state index contributed by atoms with van der Waals surface area (Å²) >= 11 is 5.60. The van der Waals surface area contributed by atoms with Crippen molar-refractivity contribution >= 4 is 11.6 Å². The Morgan fingerprint density at radius 2 is 1.88 bits per heavy atom. The van der Waals surface area contributed by atoms with Gasteiger partial charge in [-0.3, -0.25) is 0 Å². The van der Waals surface area contributed by atoms with Crippen molar-refractivity contribution in [2.45, 2.75) is 31.6 Å². The molecule has 1 heterocycles. The van der Waals surface area contributed by atoms with Crippen LogP contribution in [0.4, 0.5) is 0 Å². The van der Waals surface area contributed by atoms with E-state index >= 15 is 0 Å². The van der Waals surface area contributed by atoms with Crippen LogP contribution < -0.4 is 4.74 Å². The smallest absolute Gasteiger partial charge is 0.155 e. The van der Waals surface area contributed by atoms with Crippen molar-refractivity contribution in [3.05, 3.63) is 29.8 Å². The summed E-state index contributed by atoms with van der Waals surface area (Å²) in [6.45, 7) is 0. The molecule has 0 spiro atoms.